The van der Waals surface area contributed by atoms with E-state index in [9.17, 15) is 9.59 Å². The molecule has 7 heteroatoms. The average molecular weight is 261 g/mol. The molecule has 0 aliphatic heterocycles. The summed E-state index contributed by atoms with van der Waals surface area (Å²) in [4.78, 5) is 26.1. The van der Waals surface area contributed by atoms with Crippen molar-refractivity contribution < 1.29 is 24.5 Å². The Labute approximate surface area is 103 Å². The largest absolute Gasteiger partial charge is 0.479 e. The van der Waals surface area contributed by atoms with Gasteiger partial charge in [-0.05, 0) is 0 Å². The van der Waals surface area contributed by atoms with Crippen LogP contribution < -0.4 is 0 Å². The minimum absolute atomic E-state index is 0.237. The lowest BCUT2D eigenvalue weighted by Crippen LogP contribution is -2.50. The van der Waals surface area contributed by atoms with Gasteiger partial charge in [0.1, 0.15) is 0 Å². The van der Waals surface area contributed by atoms with Crippen molar-refractivity contribution in [1.29, 1.82) is 0 Å². The van der Waals surface area contributed by atoms with Crippen LogP contribution in [0.25, 0.3) is 0 Å². The van der Waals surface area contributed by atoms with E-state index in [0.717, 1.165) is 7.11 Å². The maximum absolute atomic E-state index is 10.9. The topological polar surface area (TPSA) is 96.7 Å². The molecule has 0 spiro atoms. The first-order chi connectivity index (χ1) is 8.03. The fourth-order valence-electron chi connectivity index (χ4n) is 1.06. The molecule has 0 amide bonds. The Balaban J connectivity index is 0.00000121. The second-order valence-electron chi connectivity index (χ2n) is 2.79. The highest BCUT2D eigenvalue weighted by molar-refractivity contribution is 7.09. The molecular formula is C10H15NO5S. The van der Waals surface area contributed by atoms with Crippen LogP contribution in [0, 0.1) is 0 Å². The average Bonchev–Trinajstić information content (AvgIpc) is 2.80. The van der Waals surface area contributed by atoms with Gasteiger partial charge in [-0.3, -0.25) is 4.98 Å². The summed E-state index contributed by atoms with van der Waals surface area (Å²) in [6.45, 7) is 4.00. The molecule has 96 valence electrons. The van der Waals surface area contributed by atoms with Gasteiger partial charge >= 0.3 is 11.9 Å². The van der Waals surface area contributed by atoms with Crippen molar-refractivity contribution in [3.8, 4) is 0 Å². The minimum Gasteiger partial charge on any atom is -0.479 e. The van der Waals surface area contributed by atoms with Crippen LogP contribution in [0.4, 0.5) is 0 Å². The van der Waals surface area contributed by atoms with E-state index in [0.29, 0.717) is 4.88 Å². The molecule has 0 aliphatic rings. The number of carboxylic acid groups (broad SMARTS) is 2. The molecule has 1 aromatic rings. The van der Waals surface area contributed by atoms with Gasteiger partial charge in [0.05, 0.1) is 5.51 Å². The zero-order valence-electron chi connectivity index (χ0n) is 9.84. The number of thiazole rings is 1. The smallest absolute Gasteiger partial charge is 0.348 e. The zero-order valence-corrected chi connectivity index (χ0v) is 10.7. The van der Waals surface area contributed by atoms with Crippen LogP contribution in [0.3, 0.4) is 0 Å². The summed E-state index contributed by atoms with van der Waals surface area (Å²) in [5.74, 6) is -3.04. The first kappa shape index (κ1) is 15.5. The normalized spacial score (nSPS) is 10.3. The van der Waals surface area contributed by atoms with Crippen LogP contribution in [0.5, 0.6) is 0 Å². The molecule has 0 atom stereocenters. The Morgan fingerprint density at radius 2 is 1.94 bits per heavy atom. The molecule has 1 heterocycles. The van der Waals surface area contributed by atoms with E-state index in [2.05, 4.69) is 9.72 Å². The third-order valence-electron chi connectivity index (χ3n) is 1.95. The van der Waals surface area contributed by atoms with Gasteiger partial charge in [-0.25, -0.2) is 9.59 Å². The third kappa shape index (κ3) is 3.50. The van der Waals surface area contributed by atoms with E-state index in [4.69, 9.17) is 10.2 Å². The molecule has 0 saturated carbocycles. The van der Waals surface area contributed by atoms with Gasteiger partial charge in [0.2, 0.25) is 0 Å². The van der Waals surface area contributed by atoms with Crippen molar-refractivity contribution in [1.82, 2.24) is 4.98 Å². The molecule has 0 unspecified atom stereocenters. The number of aliphatic carboxylic acids is 2. The van der Waals surface area contributed by atoms with Crippen molar-refractivity contribution in [2.24, 2.45) is 0 Å². The van der Waals surface area contributed by atoms with Gasteiger partial charge in [0.15, 0.2) is 0 Å². The SMILES string of the molecule is CC.COC(Cc1cncs1)(C(=O)O)C(=O)O. The van der Waals surface area contributed by atoms with Gasteiger partial charge in [-0.1, -0.05) is 13.8 Å². The number of rotatable bonds is 5. The molecule has 0 saturated heterocycles. The zero-order chi connectivity index (χ0) is 13.5. The summed E-state index contributed by atoms with van der Waals surface area (Å²) < 4.78 is 4.61. The Bertz CT molecular complexity index is 349. The van der Waals surface area contributed by atoms with Gasteiger partial charge in [-0.15, -0.1) is 11.3 Å². The summed E-state index contributed by atoms with van der Waals surface area (Å²) in [5.41, 5.74) is -0.730. The van der Waals surface area contributed by atoms with E-state index in [1.54, 1.807) is 0 Å². The van der Waals surface area contributed by atoms with Gasteiger partial charge in [0, 0.05) is 24.6 Å². The van der Waals surface area contributed by atoms with Crippen molar-refractivity contribution in [3.05, 3.63) is 16.6 Å². The monoisotopic (exact) mass is 261 g/mol. The molecule has 1 aromatic heterocycles. The molecule has 0 aliphatic carbocycles. The lowest BCUT2D eigenvalue weighted by Gasteiger charge is -2.21. The summed E-state index contributed by atoms with van der Waals surface area (Å²) in [6, 6.07) is 0. The second-order valence-corrected chi connectivity index (χ2v) is 3.76. The van der Waals surface area contributed by atoms with Crippen LogP contribution in [-0.2, 0) is 20.7 Å². The maximum atomic E-state index is 10.9. The third-order valence-corrected chi connectivity index (χ3v) is 2.73. The molecule has 6 nitrogen and oxygen atoms in total. The van der Waals surface area contributed by atoms with Crippen molar-refractivity contribution in [3.63, 3.8) is 0 Å². The van der Waals surface area contributed by atoms with E-state index in [1.165, 1.54) is 23.0 Å². The molecule has 2 N–H and O–H groups in total. The Kier molecular flexibility index (Phi) is 6.37. The van der Waals surface area contributed by atoms with Crippen LogP contribution in [0.1, 0.15) is 18.7 Å². The highest BCUT2D eigenvalue weighted by Crippen LogP contribution is 2.20. The number of methoxy groups -OCH3 is 1. The standard InChI is InChI=1S/C8H9NO5S.C2H6/c1-14-8(6(10)11,7(12)13)2-5-3-9-4-15-5;1-2/h3-4H,2H2,1H3,(H,10,11)(H,12,13);1-2H3. The van der Waals surface area contributed by atoms with Crippen molar-refractivity contribution in [2.75, 3.05) is 7.11 Å². The molecule has 0 radical (unpaired) electrons. The van der Waals surface area contributed by atoms with Crippen molar-refractivity contribution in [2.45, 2.75) is 25.9 Å². The predicted octanol–water partition coefficient (Wildman–Crippen LogP) is 1.27. The maximum Gasteiger partial charge on any atom is 0.348 e. The first-order valence-electron chi connectivity index (χ1n) is 4.92. The minimum atomic E-state index is -2.23. The predicted molar refractivity (Wildman–Crippen MR) is 62.2 cm³/mol. The molecular weight excluding hydrogens is 246 g/mol. The number of carboxylic acids is 2. The number of nitrogens with zero attached hydrogens (tertiary/aromatic N) is 1. The molecule has 1 rings (SSSR count). The van der Waals surface area contributed by atoms with Crippen LogP contribution >= 0.6 is 11.3 Å². The van der Waals surface area contributed by atoms with E-state index < -0.39 is 17.5 Å². The lowest BCUT2D eigenvalue weighted by molar-refractivity contribution is -0.179. The number of ether oxygens (including phenoxy) is 1. The number of hydrogen-bond donors (Lipinski definition) is 2. The van der Waals surface area contributed by atoms with Gasteiger partial charge in [0.25, 0.3) is 5.60 Å². The Hall–Kier alpha value is -1.47. The first-order valence-corrected chi connectivity index (χ1v) is 5.80. The van der Waals surface area contributed by atoms with E-state index >= 15 is 0 Å². The number of aromatic nitrogens is 1. The highest BCUT2D eigenvalue weighted by Gasteiger charge is 2.47. The van der Waals surface area contributed by atoms with Crippen LogP contribution in [0.2, 0.25) is 0 Å². The number of hydrogen-bond acceptors (Lipinski definition) is 5. The lowest BCUT2D eigenvalue weighted by atomic mass is 9.99. The number of carbonyl (C=O) groups is 2. The molecule has 0 aromatic carbocycles. The summed E-state index contributed by atoms with van der Waals surface area (Å²) in [6.07, 6.45) is 1.18. The molecule has 0 bridgehead atoms. The van der Waals surface area contributed by atoms with Crippen molar-refractivity contribution >= 4 is 23.3 Å². The van der Waals surface area contributed by atoms with Gasteiger partial charge in [-0.2, -0.15) is 0 Å². The quantitative estimate of drug-likeness (QED) is 0.775. The Morgan fingerprint density at radius 3 is 2.24 bits per heavy atom. The van der Waals surface area contributed by atoms with E-state index in [-0.39, 0.29) is 6.42 Å². The van der Waals surface area contributed by atoms with Gasteiger partial charge < -0.3 is 14.9 Å². The van der Waals surface area contributed by atoms with Crippen LogP contribution in [0.15, 0.2) is 11.7 Å². The Morgan fingerprint density at radius 1 is 1.41 bits per heavy atom. The highest BCUT2D eigenvalue weighted by atomic mass is 32.1. The fourth-order valence-corrected chi connectivity index (χ4v) is 1.73. The van der Waals surface area contributed by atoms with E-state index in [1.807, 2.05) is 13.8 Å². The summed E-state index contributed by atoms with van der Waals surface area (Å²) in [7, 11) is 1.06. The summed E-state index contributed by atoms with van der Waals surface area (Å²) in [5, 5.41) is 17.7. The van der Waals surface area contributed by atoms with Crippen LogP contribution in [-0.4, -0.2) is 39.8 Å². The molecule has 17 heavy (non-hydrogen) atoms. The molecule has 0 fully saturated rings. The fraction of sp³-hybridized carbons (Fsp3) is 0.500. The second kappa shape index (κ2) is 6.97. The summed E-state index contributed by atoms with van der Waals surface area (Å²) >= 11 is 1.18.